The molecule has 1 aromatic rings. The number of rotatable bonds is 5. The van der Waals surface area contributed by atoms with Crippen LogP contribution < -0.4 is 11.1 Å². The monoisotopic (exact) mass is 289 g/mol. The molecule has 0 radical (unpaired) electrons. The average molecular weight is 289 g/mol. The molecule has 1 aromatic carbocycles. The molecule has 0 unspecified atom stereocenters. The summed E-state index contributed by atoms with van der Waals surface area (Å²) in [7, 11) is 0. The number of carbonyl (C=O) groups excluding carboxylic acids is 1. The molecule has 1 saturated heterocycles. The number of carbonyl (C=O) groups is 1. The fourth-order valence-electron chi connectivity index (χ4n) is 2.80. The van der Waals surface area contributed by atoms with E-state index in [4.69, 9.17) is 5.73 Å². The molecule has 0 spiro atoms. The van der Waals surface area contributed by atoms with E-state index in [2.05, 4.69) is 29.3 Å². The molecule has 21 heavy (non-hydrogen) atoms. The van der Waals surface area contributed by atoms with E-state index < -0.39 is 0 Å². The number of nitrogens with zero attached hydrogens (tertiary/aromatic N) is 1. The van der Waals surface area contributed by atoms with E-state index in [1.54, 1.807) is 0 Å². The Kier molecular flexibility index (Phi) is 5.01. The summed E-state index contributed by atoms with van der Waals surface area (Å²) in [5.74, 6) is 0.404. The number of benzene rings is 1. The smallest absolute Gasteiger partial charge is 0.234 e. The number of hydrogen-bond acceptors (Lipinski definition) is 3. The van der Waals surface area contributed by atoms with E-state index in [-0.39, 0.29) is 17.5 Å². The number of nitrogens with one attached hydrogen (secondary N) is 1. The lowest BCUT2D eigenvalue weighted by Crippen LogP contribution is -2.47. The first-order valence-corrected chi connectivity index (χ1v) is 7.75. The first kappa shape index (κ1) is 16.0. The van der Waals surface area contributed by atoms with Crippen molar-refractivity contribution in [3.05, 3.63) is 35.9 Å². The summed E-state index contributed by atoms with van der Waals surface area (Å²) in [6, 6.07) is 10.4. The molecule has 0 aliphatic carbocycles. The molecule has 4 nitrogen and oxygen atoms in total. The zero-order valence-corrected chi connectivity index (χ0v) is 13.3. The van der Waals surface area contributed by atoms with Crippen LogP contribution in [-0.2, 0) is 4.79 Å². The van der Waals surface area contributed by atoms with Crippen molar-refractivity contribution in [3.8, 4) is 0 Å². The van der Waals surface area contributed by atoms with Crippen LogP contribution in [0.3, 0.4) is 0 Å². The fourth-order valence-corrected chi connectivity index (χ4v) is 2.80. The van der Waals surface area contributed by atoms with Crippen molar-refractivity contribution < 1.29 is 4.79 Å². The maximum atomic E-state index is 12.1. The molecule has 1 heterocycles. The van der Waals surface area contributed by atoms with Gasteiger partial charge in [-0.1, -0.05) is 37.3 Å². The van der Waals surface area contributed by atoms with Crippen molar-refractivity contribution in [1.29, 1.82) is 0 Å². The molecule has 4 heteroatoms. The standard InChI is InChI=1S/C17H27N3O/c1-4-17(2,3)19-16(21)12-20-10-14(15(18)11-20)13-8-6-5-7-9-13/h5-9,14-15H,4,10-12,18H2,1-3H3,(H,19,21)/t14-,15+/m0/s1. The first-order valence-electron chi connectivity index (χ1n) is 7.75. The highest BCUT2D eigenvalue weighted by Crippen LogP contribution is 2.26. The maximum absolute atomic E-state index is 12.1. The molecule has 0 saturated carbocycles. The summed E-state index contributed by atoms with van der Waals surface area (Å²) in [4.78, 5) is 14.3. The van der Waals surface area contributed by atoms with Crippen LogP contribution >= 0.6 is 0 Å². The van der Waals surface area contributed by atoms with E-state index in [0.29, 0.717) is 12.5 Å². The van der Waals surface area contributed by atoms with Crippen LogP contribution in [0.5, 0.6) is 0 Å². The van der Waals surface area contributed by atoms with E-state index in [1.165, 1.54) is 5.56 Å². The highest BCUT2D eigenvalue weighted by Gasteiger charge is 2.32. The van der Waals surface area contributed by atoms with Gasteiger partial charge in [0.2, 0.25) is 5.91 Å². The van der Waals surface area contributed by atoms with Gasteiger partial charge in [-0.3, -0.25) is 9.69 Å². The number of nitrogens with two attached hydrogens (primary N) is 1. The predicted octanol–water partition coefficient (Wildman–Crippen LogP) is 1.72. The van der Waals surface area contributed by atoms with E-state index in [1.807, 2.05) is 32.0 Å². The van der Waals surface area contributed by atoms with Gasteiger partial charge in [0.15, 0.2) is 0 Å². The predicted molar refractivity (Wildman–Crippen MR) is 86.1 cm³/mol. The van der Waals surface area contributed by atoms with Crippen molar-refractivity contribution in [1.82, 2.24) is 10.2 Å². The number of hydrogen-bond donors (Lipinski definition) is 2. The second-order valence-corrected chi connectivity index (χ2v) is 6.66. The Morgan fingerprint density at radius 1 is 1.33 bits per heavy atom. The quantitative estimate of drug-likeness (QED) is 0.868. The Hall–Kier alpha value is -1.39. The van der Waals surface area contributed by atoms with Gasteiger partial charge in [-0.2, -0.15) is 0 Å². The third kappa shape index (κ3) is 4.29. The molecule has 3 N–H and O–H groups in total. The molecule has 1 fully saturated rings. The lowest BCUT2D eigenvalue weighted by Gasteiger charge is -2.26. The van der Waals surface area contributed by atoms with E-state index in [0.717, 1.165) is 19.5 Å². The van der Waals surface area contributed by atoms with Gasteiger partial charge >= 0.3 is 0 Å². The Morgan fingerprint density at radius 2 is 2.00 bits per heavy atom. The summed E-state index contributed by atoms with van der Waals surface area (Å²) in [6.07, 6.45) is 0.922. The Balaban J connectivity index is 1.91. The summed E-state index contributed by atoms with van der Waals surface area (Å²) in [5, 5.41) is 3.08. The molecule has 1 aliphatic heterocycles. The zero-order chi connectivity index (χ0) is 15.5. The zero-order valence-electron chi connectivity index (χ0n) is 13.3. The number of amides is 1. The van der Waals surface area contributed by atoms with Gasteiger partial charge in [0.05, 0.1) is 6.54 Å². The van der Waals surface area contributed by atoms with Gasteiger partial charge in [-0.05, 0) is 25.8 Å². The van der Waals surface area contributed by atoms with Crippen molar-refractivity contribution in [3.63, 3.8) is 0 Å². The van der Waals surface area contributed by atoms with Gasteiger partial charge in [-0.25, -0.2) is 0 Å². The van der Waals surface area contributed by atoms with Gasteiger partial charge < -0.3 is 11.1 Å². The first-order chi connectivity index (χ1) is 9.91. The molecule has 2 rings (SSSR count). The summed E-state index contributed by atoms with van der Waals surface area (Å²) in [6.45, 7) is 8.24. The molecule has 2 atom stereocenters. The lowest BCUT2D eigenvalue weighted by molar-refractivity contribution is -0.123. The molecule has 1 amide bonds. The Bertz CT molecular complexity index is 472. The average Bonchev–Trinajstić information content (AvgIpc) is 2.79. The second kappa shape index (κ2) is 6.58. The second-order valence-electron chi connectivity index (χ2n) is 6.66. The van der Waals surface area contributed by atoms with Crippen LogP contribution in [0, 0.1) is 0 Å². The highest BCUT2D eigenvalue weighted by molar-refractivity contribution is 5.78. The van der Waals surface area contributed by atoms with Gasteiger partial charge in [0, 0.05) is 30.6 Å². The normalized spacial score (nSPS) is 23.2. The van der Waals surface area contributed by atoms with Crippen LogP contribution in [0.15, 0.2) is 30.3 Å². The molecule has 1 aliphatic rings. The van der Waals surface area contributed by atoms with E-state index in [9.17, 15) is 4.79 Å². The Morgan fingerprint density at radius 3 is 2.62 bits per heavy atom. The van der Waals surface area contributed by atoms with Crippen LogP contribution in [0.1, 0.15) is 38.7 Å². The maximum Gasteiger partial charge on any atom is 0.234 e. The van der Waals surface area contributed by atoms with Crippen LogP contribution in [0.25, 0.3) is 0 Å². The van der Waals surface area contributed by atoms with Gasteiger partial charge in [0.1, 0.15) is 0 Å². The van der Waals surface area contributed by atoms with Crippen LogP contribution in [0.4, 0.5) is 0 Å². The highest BCUT2D eigenvalue weighted by atomic mass is 16.2. The third-order valence-electron chi connectivity index (χ3n) is 4.40. The minimum Gasteiger partial charge on any atom is -0.350 e. The topological polar surface area (TPSA) is 58.4 Å². The van der Waals surface area contributed by atoms with Crippen LogP contribution in [0.2, 0.25) is 0 Å². The molecular weight excluding hydrogens is 262 g/mol. The van der Waals surface area contributed by atoms with Gasteiger partial charge in [0.25, 0.3) is 0 Å². The third-order valence-corrected chi connectivity index (χ3v) is 4.40. The molecule has 0 aromatic heterocycles. The minimum absolute atomic E-state index is 0.0859. The largest absolute Gasteiger partial charge is 0.350 e. The van der Waals surface area contributed by atoms with Crippen molar-refractivity contribution >= 4 is 5.91 Å². The SMILES string of the molecule is CCC(C)(C)NC(=O)CN1C[C@@H](N)[C@H](c2ccccc2)C1. The van der Waals surface area contributed by atoms with Crippen LogP contribution in [-0.4, -0.2) is 42.0 Å². The minimum atomic E-state index is -0.141. The van der Waals surface area contributed by atoms with Crippen molar-refractivity contribution in [2.45, 2.75) is 44.7 Å². The molecule has 116 valence electrons. The number of likely N-dealkylation sites (tertiary alicyclic amines) is 1. The lowest BCUT2D eigenvalue weighted by atomic mass is 9.95. The van der Waals surface area contributed by atoms with E-state index >= 15 is 0 Å². The summed E-state index contributed by atoms with van der Waals surface area (Å²) < 4.78 is 0. The Labute approximate surface area is 127 Å². The fraction of sp³-hybridized carbons (Fsp3) is 0.588. The van der Waals surface area contributed by atoms with Crippen molar-refractivity contribution in [2.24, 2.45) is 5.73 Å². The molecule has 0 bridgehead atoms. The molecular formula is C17H27N3O. The summed E-state index contributed by atoms with van der Waals surface area (Å²) >= 11 is 0. The summed E-state index contributed by atoms with van der Waals surface area (Å²) in [5.41, 5.74) is 7.38. The van der Waals surface area contributed by atoms with Gasteiger partial charge in [-0.15, -0.1) is 0 Å². The van der Waals surface area contributed by atoms with Crippen molar-refractivity contribution in [2.75, 3.05) is 19.6 Å².